The second-order valence-corrected chi connectivity index (χ2v) is 6.48. The van der Waals surface area contributed by atoms with Crippen molar-refractivity contribution in [3.8, 4) is 5.75 Å². The molecule has 2 aromatic rings. The molecule has 1 aromatic carbocycles. The van der Waals surface area contributed by atoms with E-state index in [9.17, 15) is 4.79 Å². The lowest BCUT2D eigenvalue weighted by atomic mass is 9.94. The predicted molar refractivity (Wildman–Crippen MR) is 93.7 cm³/mol. The first-order chi connectivity index (χ1) is 11.6. The summed E-state index contributed by atoms with van der Waals surface area (Å²) in [6.07, 6.45) is 1.74. The number of nitrogens with zero attached hydrogens (tertiary/aromatic N) is 2. The van der Waals surface area contributed by atoms with Crippen LogP contribution >= 0.6 is 12.2 Å². The van der Waals surface area contributed by atoms with Gasteiger partial charge in [0.05, 0.1) is 6.61 Å². The van der Waals surface area contributed by atoms with Crippen molar-refractivity contribution in [2.45, 2.75) is 45.2 Å². The van der Waals surface area contributed by atoms with Crippen LogP contribution in [0.2, 0.25) is 0 Å². The van der Waals surface area contributed by atoms with Crippen molar-refractivity contribution in [3.05, 3.63) is 40.4 Å². The molecule has 0 spiro atoms. The molecule has 0 unspecified atom stereocenters. The minimum Gasteiger partial charge on any atom is -0.493 e. The lowest BCUT2D eigenvalue weighted by Gasteiger charge is -2.20. The molecule has 0 saturated carbocycles. The van der Waals surface area contributed by atoms with Gasteiger partial charge in [0, 0.05) is 23.9 Å². The fraction of sp³-hybridized carbons (Fsp3) is 0.471. The molecule has 1 aromatic heterocycles. The van der Waals surface area contributed by atoms with Crippen molar-refractivity contribution in [1.82, 2.24) is 20.1 Å². The van der Waals surface area contributed by atoms with Crippen molar-refractivity contribution < 1.29 is 9.53 Å². The van der Waals surface area contributed by atoms with Crippen LogP contribution in [-0.2, 0) is 17.8 Å². The molecule has 0 fully saturated rings. The fourth-order valence-electron chi connectivity index (χ4n) is 3.07. The van der Waals surface area contributed by atoms with Crippen LogP contribution < -0.4 is 10.1 Å². The van der Waals surface area contributed by atoms with Gasteiger partial charge in [0.2, 0.25) is 5.91 Å². The Balaban J connectivity index is 1.66. The van der Waals surface area contributed by atoms with Crippen LogP contribution in [0.1, 0.15) is 37.6 Å². The number of carbonyl (C=O) groups excluding carboxylic acids is 1. The molecule has 0 saturated heterocycles. The van der Waals surface area contributed by atoms with Crippen LogP contribution in [0.3, 0.4) is 0 Å². The van der Waals surface area contributed by atoms with E-state index in [1.54, 1.807) is 4.57 Å². The highest BCUT2D eigenvalue weighted by Gasteiger charge is 2.29. The topological polar surface area (TPSA) is 71.9 Å². The van der Waals surface area contributed by atoms with Gasteiger partial charge in [-0.05, 0) is 31.6 Å². The van der Waals surface area contributed by atoms with Crippen LogP contribution in [0, 0.1) is 4.77 Å². The number of fused-ring (bicyclic) bond motifs is 1. The van der Waals surface area contributed by atoms with Gasteiger partial charge in [0.1, 0.15) is 18.1 Å². The molecule has 0 bridgehead atoms. The first-order valence-corrected chi connectivity index (χ1v) is 8.66. The normalized spacial score (nSPS) is 17.2. The number of amides is 1. The van der Waals surface area contributed by atoms with Gasteiger partial charge in [-0.1, -0.05) is 25.1 Å². The predicted octanol–water partition coefficient (Wildman–Crippen LogP) is 2.57. The SMILES string of the molecule is CCCc1n[nH]c(=S)n1CC(=O)N[C@@H](C)[C@H]1COc2ccccc21. The molecule has 2 atom stereocenters. The maximum absolute atomic E-state index is 12.4. The highest BCUT2D eigenvalue weighted by Crippen LogP contribution is 2.35. The average Bonchev–Trinajstić information content (AvgIpc) is 3.13. The minimum atomic E-state index is -0.0678. The Kier molecular flexibility index (Phi) is 4.99. The van der Waals surface area contributed by atoms with Gasteiger partial charge in [0.15, 0.2) is 4.77 Å². The van der Waals surface area contributed by atoms with E-state index in [0.29, 0.717) is 11.4 Å². The van der Waals surface area contributed by atoms with Crippen LogP contribution in [0.25, 0.3) is 0 Å². The minimum absolute atomic E-state index is 0.0168. The number of H-pyrrole nitrogens is 1. The van der Waals surface area contributed by atoms with Crippen LogP contribution in [0.5, 0.6) is 5.75 Å². The van der Waals surface area contributed by atoms with Gasteiger partial charge in [-0.2, -0.15) is 5.10 Å². The van der Waals surface area contributed by atoms with Gasteiger partial charge in [-0.3, -0.25) is 14.5 Å². The molecule has 1 amide bonds. The van der Waals surface area contributed by atoms with Crippen molar-refractivity contribution in [2.75, 3.05) is 6.61 Å². The lowest BCUT2D eigenvalue weighted by molar-refractivity contribution is -0.122. The fourth-order valence-corrected chi connectivity index (χ4v) is 3.29. The second kappa shape index (κ2) is 7.17. The molecule has 0 radical (unpaired) electrons. The zero-order valence-corrected chi connectivity index (χ0v) is 14.7. The zero-order valence-electron chi connectivity index (χ0n) is 13.9. The van der Waals surface area contributed by atoms with E-state index in [1.807, 2.05) is 25.1 Å². The van der Waals surface area contributed by atoms with Gasteiger partial charge in [0.25, 0.3) is 0 Å². The van der Waals surface area contributed by atoms with E-state index >= 15 is 0 Å². The molecule has 3 rings (SSSR count). The summed E-state index contributed by atoms with van der Waals surface area (Å²) in [5.41, 5.74) is 1.15. The van der Waals surface area contributed by atoms with Crippen molar-refractivity contribution in [3.63, 3.8) is 0 Å². The standard InChI is InChI=1S/C17H22N4O2S/c1-3-6-15-19-20-17(24)21(15)9-16(22)18-11(2)13-10-23-14-8-5-4-7-12(13)14/h4-5,7-8,11,13H,3,6,9-10H2,1-2H3,(H,18,22)(H,20,24)/t11-,13+/m0/s1. The molecular weight excluding hydrogens is 324 g/mol. The van der Waals surface area contributed by atoms with Crippen LogP contribution in [0.15, 0.2) is 24.3 Å². The number of carbonyl (C=O) groups is 1. The summed E-state index contributed by atoms with van der Waals surface area (Å²) in [6, 6.07) is 7.96. The van der Waals surface area contributed by atoms with Gasteiger partial charge < -0.3 is 10.1 Å². The summed E-state index contributed by atoms with van der Waals surface area (Å²) in [7, 11) is 0. The van der Waals surface area contributed by atoms with Crippen LogP contribution in [-0.4, -0.2) is 33.3 Å². The number of ether oxygens (including phenoxy) is 1. The average molecular weight is 346 g/mol. The highest BCUT2D eigenvalue weighted by atomic mass is 32.1. The molecule has 2 N–H and O–H groups in total. The number of benzene rings is 1. The van der Waals surface area contributed by atoms with E-state index in [0.717, 1.165) is 30.0 Å². The van der Waals surface area contributed by atoms with Crippen molar-refractivity contribution in [2.24, 2.45) is 0 Å². The number of aryl methyl sites for hydroxylation is 1. The molecule has 6 nitrogen and oxygen atoms in total. The Morgan fingerprint density at radius 2 is 2.33 bits per heavy atom. The first-order valence-electron chi connectivity index (χ1n) is 8.25. The molecule has 128 valence electrons. The molecule has 24 heavy (non-hydrogen) atoms. The molecule has 0 aliphatic carbocycles. The summed E-state index contributed by atoms with van der Waals surface area (Å²) in [4.78, 5) is 12.4. The third-order valence-corrected chi connectivity index (χ3v) is 4.65. The van der Waals surface area contributed by atoms with Crippen LogP contribution in [0.4, 0.5) is 0 Å². The van der Waals surface area contributed by atoms with E-state index in [4.69, 9.17) is 17.0 Å². The maximum Gasteiger partial charge on any atom is 0.240 e. The number of rotatable bonds is 6. The van der Waals surface area contributed by atoms with Gasteiger partial charge >= 0.3 is 0 Å². The van der Waals surface area contributed by atoms with E-state index in [-0.39, 0.29) is 24.4 Å². The molecule has 1 aliphatic rings. The summed E-state index contributed by atoms with van der Waals surface area (Å²) in [5.74, 6) is 1.82. The Hall–Kier alpha value is -2.15. The molecule has 1 aliphatic heterocycles. The number of aromatic nitrogens is 3. The highest BCUT2D eigenvalue weighted by molar-refractivity contribution is 7.71. The van der Waals surface area contributed by atoms with Gasteiger partial charge in [-0.15, -0.1) is 0 Å². The Morgan fingerprint density at radius 3 is 3.12 bits per heavy atom. The zero-order chi connectivity index (χ0) is 17.1. The monoisotopic (exact) mass is 346 g/mol. The molecule has 2 heterocycles. The number of para-hydroxylation sites is 1. The summed E-state index contributed by atoms with van der Waals surface area (Å²) >= 11 is 5.22. The first kappa shape index (κ1) is 16.7. The molecule has 7 heteroatoms. The Bertz CT molecular complexity index is 783. The summed E-state index contributed by atoms with van der Waals surface area (Å²) in [6.45, 7) is 4.86. The lowest BCUT2D eigenvalue weighted by Crippen LogP contribution is -2.39. The third-order valence-electron chi connectivity index (χ3n) is 4.34. The Labute approximate surface area is 146 Å². The molecular formula is C17H22N4O2S. The largest absolute Gasteiger partial charge is 0.493 e. The van der Waals surface area contributed by atoms with Gasteiger partial charge in [-0.25, -0.2) is 0 Å². The maximum atomic E-state index is 12.4. The second-order valence-electron chi connectivity index (χ2n) is 6.09. The smallest absolute Gasteiger partial charge is 0.240 e. The third kappa shape index (κ3) is 3.36. The van der Waals surface area contributed by atoms with E-state index in [2.05, 4.69) is 28.5 Å². The number of hydrogen-bond acceptors (Lipinski definition) is 4. The summed E-state index contributed by atoms with van der Waals surface area (Å²) in [5, 5.41) is 10.0. The summed E-state index contributed by atoms with van der Waals surface area (Å²) < 4.78 is 7.95. The van der Waals surface area contributed by atoms with Crippen molar-refractivity contribution in [1.29, 1.82) is 0 Å². The van der Waals surface area contributed by atoms with E-state index in [1.165, 1.54) is 0 Å². The van der Waals surface area contributed by atoms with Crippen molar-refractivity contribution >= 4 is 18.1 Å². The number of aromatic amines is 1. The Morgan fingerprint density at radius 1 is 1.54 bits per heavy atom. The number of hydrogen-bond donors (Lipinski definition) is 2. The quantitative estimate of drug-likeness (QED) is 0.789. The van der Waals surface area contributed by atoms with E-state index < -0.39 is 0 Å². The number of nitrogens with one attached hydrogen (secondary N) is 2.